The number of aryl methyl sites for hydroxylation is 2. The Labute approximate surface area is 120 Å². The Morgan fingerprint density at radius 1 is 1.33 bits per heavy atom. The van der Waals surface area contributed by atoms with Crippen molar-refractivity contribution in [2.45, 2.75) is 19.9 Å². The van der Waals surface area contributed by atoms with Gasteiger partial charge in [-0.1, -0.05) is 18.2 Å². The number of nitrogens with one attached hydrogen (secondary N) is 1. The number of rotatable bonds is 4. The molecule has 0 fully saturated rings. The molecule has 0 radical (unpaired) electrons. The summed E-state index contributed by atoms with van der Waals surface area (Å²) in [5.41, 5.74) is 2.25. The molecule has 1 heterocycles. The van der Waals surface area contributed by atoms with Gasteiger partial charge < -0.3 is 10.4 Å². The summed E-state index contributed by atoms with van der Waals surface area (Å²) >= 11 is 5.22. The van der Waals surface area contributed by atoms with Crippen LogP contribution in [0.25, 0.3) is 0 Å². The van der Waals surface area contributed by atoms with Gasteiger partial charge in [-0.2, -0.15) is 0 Å². The van der Waals surface area contributed by atoms with Crippen LogP contribution in [0.1, 0.15) is 21.4 Å². The highest BCUT2D eigenvalue weighted by molar-refractivity contribution is 9.10. The van der Waals surface area contributed by atoms with E-state index in [-0.39, 0.29) is 12.6 Å². The van der Waals surface area contributed by atoms with Crippen LogP contribution in [0.2, 0.25) is 0 Å². The van der Waals surface area contributed by atoms with Gasteiger partial charge in [-0.15, -0.1) is 11.3 Å². The van der Waals surface area contributed by atoms with E-state index in [2.05, 4.69) is 47.2 Å². The third-order valence-corrected chi connectivity index (χ3v) is 5.13. The van der Waals surface area contributed by atoms with Crippen LogP contribution in [-0.4, -0.2) is 11.7 Å². The number of halogens is 1. The number of thiophene rings is 1. The lowest BCUT2D eigenvalue weighted by Gasteiger charge is -2.17. The fourth-order valence-electron chi connectivity index (χ4n) is 1.78. The minimum absolute atomic E-state index is 0.0545. The summed E-state index contributed by atoms with van der Waals surface area (Å²) < 4.78 is 1.10. The molecule has 1 aromatic carbocycles. The quantitative estimate of drug-likeness (QED) is 0.879. The summed E-state index contributed by atoms with van der Waals surface area (Å²) in [5, 5.41) is 13.0. The maximum absolute atomic E-state index is 9.56. The number of aliphatic hydroxyl groups is 1. The van der Waals surface area contributed by atoms with Gasteiger partial charge in [0.25, 0.3) is 0 Å². The molecule has 2 rings (SSSR count). The van der Waals surface area contributed by atoms with Crippen molar-refractivity contribution in [3.8, 4) is 0 Å². The van der Waals surface area contributed by atoms with Crippen LogP contribution in [0, 0.1) is 13.8 Å². The lowest BCUT2D eigenvalue weighted by Crippen LogP contribution is -2.14. The molecule has 1 unspecified atom stereocenters. The number of hydrogen-bond donors (Lipinski definition) is 2. The largest absolute Gasteiger partial charge is 0.394 e. The summed E-state index contributed by atoms with van der Waals surface area (Å²) in [6.45, 7) is 4.22. The molecule has 0 aliphatic rings. The fraction of sp³-hybridized carbons (Fsp3) is 0.286. The molecule has 0 saturated carbocycles. The van der Waals surface area contributed by atoms with Crippen molar-refractivity contribution in [2.75, 3.05) is 11.9 Å². The number of para-hydroxylation sites is 1. The van der Waals surface area contributed by atoms with Gasteiger partial charge >= 0.3 is 0 Å². The molecule has 0 aliphatic carbocycles. The second kappa shape index (κ2) is 5.87. The Morgan fingerprint density at radius 3 is 2.61 bits per heavy atom. The van der Waals surface area contributed by atoms with Gasteiger partial charge in [0.15, 0.2) is 0 Å². The third kappa shape index (κ3) is 2.94. The number of anilines is 1. The van der Waals surface area contributed by atoms with E-state index >= 15 is 0 Å². The van der Waals surface area contributed by atoms with Crippen LogP contribution in [0.15, 0.2) is 34.8 Å². The normalized spacial score (nSPS) is 12.4. The lowest BCUT2D eigenvalue weighted by molar-refractivity contribution is 0.277. The zero-order valence-electron chi connectivity index (χ0n) is 10.4. The van der Waals surface area contributed by atoms with E-state index in [0.29, 0.717) is 0 Å². The number of benzene rings is 1. The first-order chi connectivity index (χ1) is 8.61. The van der Waals surface area contributed by atoms with Crippen LogP contribution >= 0.6 is 27.3 Å². The predicted molar refractivity (Wildman–Crippen MR) is 81.4 cm³/mol. The average Bonchev–Trinajstić information content (AvgIpc) is 2.68. The SMILES string of the molecule is Cc1ccccc1NC(CO)c1cc(Br)c(C)s1. The molecule has 96 valence electrons. The first-order valence-electron chi connectivity index (χ1n) is 5.80. The zero-order valence-corrected chi connectivity index (χ0v) is 12.8. The van der Waals surface area contributed by atoms with Crippen molar-refractivity contribution < 1.29 is 5.11 Å². The summed E-state index contributed by atoms with van der Waals surface area (Å²) in [7, 11) is 0. The predicted octanol–water partition coefficient (Wildman–Crippen LogP) is 4.27. The molecule has 4 heteroatoms. The zero-order chi connectivity index (χ0) is 13.1. The topological polar surface area (TPSA) is 32.3 Å². The Hall–Kier alpha value is -0.840. The van der Waals surface area contributed by atoms with E-state index in [1.807, 2.05) is 18.2 Å². The minimum Gasteiger partial charge on any atom is -0.394 e. The summed E-state index contributed by atoms with van der Waals surface area (Å²) in [4.78, 5) is 2.38. The van der Waals surface area contributed by atoms with Crippen molar-refractivity contribution in [1.29, 1.82) is 0 Å². The molecule has 2 aromatic rings. The molecule has 0 saturated heterocycles. The monoisotopic (exact) mass is 325 g/mol. The van der Waals surface area contributed by atoms with Gasteiger partial charge in [-0.25, -0.2) is 0 Å². The van der Waals surface area contributed by atoms with Gasteiger partial charge in [0, 0.05) is 19.9 Å². The molecule has 18 heavy (non-hydrogen) atoms. The van der Waals surface area contributed by atoms with Crippen LogP contribution < -0.4 is 5.32 Å². The Bertz CT molecular complexity index is 519. The molecule has 1 atom stereocenters. The van der Waals surface area contributed by atoms with Crippen molar-refractivity contribution in [1.82, 2.24) is 0 Å². The molecule has 2 nitrogen and oxygen atoms in total. The van der Waals surface area contributed by atoms with Gasteiger partial charge in [0.05, 0.1) is 12.6 Å². The van der Waals surface area contributed by atoms with Crippen molar-refractivity contribution in [3.63, 3.8) is 0 Å². The lowest BCUT2D eigenvalue weighted by atomic mass is 10.1. The van der Waals surface area contributed by atoms with E-state index in [0.717, 1.165) is 15.0 Å². The van der Waals surface area contributed by atoms with E-state index in [1.54, 1.807) is 11.3 Å². The van der Waals surface area contributed by atoms with Crippen LogP contribution in [-0.2, 0) is 0 Å². The van der Waals surface area contributed by atoms with E-state index < -0.39 is 0 Å². The first-order valence-corrected chi connectivity index (χ1v) is 7.41. The molecule has 0 aliphatic heterocycles. The standard InChI is InChI=1S/C14H16BrNOS/c1-9-5-3-4-6-12(9)16-13(8-17)14-7-11(15)10(2)18-14/h3-7,13,16-17H,8H2,1-2H3. The third-order valence-electron chi connectivity index (χ3n) is 2.88. The summed E-state index contributed by atoms with van der Waals surface area (Å²) in [6.07, 6.45) is 0. The molecule has 1 aromatic heterocycles. The molecule has 0 bridgehead atoms. The smallest absolute Gasteiger partial charge is 0.0838 e. The van der Waals surface area contributed by atoms with Crippen LogP contribution in [0.5, 0.6) is 0 Å². The van der Waals surface area contributed by atoms with E-state index in [1.165, 1.54) is 10.4 Å². The number of hydrogen-bond acceptors (Lipinski definition) is 3. The van der Waals surface area contributed by atoms with Crippen LogP contribution in [0.3, 0.4) is 0 Å². The van der Waals surface area contributed by atoms with Crippen molar-refractivity contribution in [3.05, 3.63) is 50.1 Å². The Balaban J connectivity index is 2.22. The highest BCUT2D eigenvalue weighted by Crippen LogP contribution is 2.32. The fourth-order valence-corrected chi connectivity index (χ4v) is 3.39. The minimum atomic E-state index is -0.0545. The van der Waals surface area contributed by atoms with E-state index in [9.17, 15) is 5.11 Å². The first kappa shape index (κ1) is 13.6. The maximum Gasteiger partial charge on any atom is 0.0838 e. The molecular weight excluding hydrogens is 310 g/mol. The molecular formula is C14H16BrNOS. The molecule has 2 N–H and O–H groups in total. The van der Waals surface area contributed by atoms with Gasteiger partial charge in [0.1, 0.15) is 0 Å². The average molecular weight is 326 g/mol. The Morgan fingerprint density at radius 2 is 2.06 bits per heavy atom. The highest BCUT2D eigenvalue weighted by Gasteiger charge is 2.15. The van der Waals surface area contributed by atoms with E-state index in [4.69, 9.17) is 0 Å². The van der Waals surface area contributed by atoms with Crippen LogP contribution in [0.4, 0.5) is 5.69 Å². The summed E-state index contributed by atoms with van der Waals surface area (Å²) in [6, 6.07) is 10.1. The van der Waals surface area contributed by atoms with Gasteiger partial charge in [-0.05, 0) is 47.5 Å². The highest BCUT2D eigenvalue weighted by atomic mass is 79.9. The Kier molecular flexibility index (Phi) is 4.43. The molecule has 0 amide bonds. The second-order valence-corrected chi connectivity index (χ2v) is 6.39. The van der Waals surface area contributed by atoms with Crippen molar-refractivity contribution >= 4 is 33.0 Å². The maximum atomic E-state index is 9.56. The van der Waals surface area contributed by atoms with Crippen molar-refractivity contribution in [2.24, 2.45) is 0 Å². The summed E-state index contributed by atoms with van der Waals surface area (Å²) in [5.74, 6) is 0. The van der Waals surface area contributed by atoms with Gasteiger partial charge in [0.2, 0.25) is 0 Å². The number of aliphatic hydroxyl groups excluding tert-OH is 1. The van der Waals surface area contributed by atoms with Gasteiger partial charge in [-0.3, -0.25) is 0 Å². The molecule has 0 spiro atoms. The second-order valence-electron chi connectivity index (χ2n) is 4.25.